The van der Waals surface area contributed by atoms with Gasteiger partial charge in [0.2, 0.25) is 0 Å². The van der Waals surface area contributed by atoms with E-state index in [-0.39, 0.29) is 5.82 Å². The molecule has 0 amide bonds. The van der Waals surface area contributed by atoms with E-state index in [4.69, 9.17) is 0 Å². The first-order valence-electron chi connectivity index (χ1n) is 5.94. The fraction of sp³-hybridized carbons (Fsp3) is 0.200. The molecule has 1 N–H and O–H groups in total. The van der Waals surface area contributed by atoms with E-state index in [1.165, 1.54) is 23.9 Å². The molecule has 0 aromatic heterocycles. The first kappa shape index (κ1) is 14.6. The predicted octanol–water partition coefficient (Wildman–Crippen LogP) is 4.28. The highest BCUT2D eigenvalue weighted by molar-refractivity contribution is 9.10. The van der Waals surface area contributed by atoms with Gasteiger partial charge < -0.3 is 5.11 Å². The molecule has 0 aliphatic heterocycles. The van der Waals surface area contributed by atoms with Crippen molar-refractivity contribution in [3.05, 3.63) is 64.4 Å². The summed E-state index contributed by atoms with van der Waals surface area (Å²) in [5.74, 6) is 0.308. The van der Waals surface area contributed by atoms with Crippen molar-refractivity contribution >= 4 is 27.7 Å². The molecule has 1 unspecified atom stereocenters. The maximum absolute atomic E-state index is 13.0. The van der Waals surface area contributed by atoms with E-state index >= 15 is 0 Å². The Morgan fingerprint density at radius 1 is 1.16 bits per heavy atom. The second kappa shape index (κ2) is 7.08. The minimum Gasteiger partial charge on any atom is -0.392 e. The number of hydrogen-bond acceptors (Lipinski definition) is 2. The van der Waals surface area contributed by atoms with Crippen molar-refractivity contribution in [3.8, 4) is 0 Å². The number of benzene rings is 2. The molecule has 0 saturated carbocycles. The van der Waals surface area contributed by atoms with Gasteiger partial charge in [-0.15, -0.1) is 11.8 Å². The van der Waals surface area contributed by atoms with Gasteiger partial charge in [-0.2, -0.15) is 0 Å². The minimum atomic E-state index is -0.442. The van der Waals surface area contributed by atoms with Gasteiger partial charge in [0.1, 0.15) is 5.82 Å². The van der Waals surface area contributed by atoms with Gasteiger partial charge >= 0.3 is 0 Å². The smallest absolute Gasteiger partial charge is 0.124 e. The number of aliphatic hydroxyl groups is 1. The van der Waals surface area contributed by atoms with Crippen LogP contribution in [0.15, 0.2) is 57.9 Å². The van der Waals surface area contributed by atoms with Crippen molar-refractivity contribution in [3.63, 3.8) is 0 Å². The lowest BCUT2D eigenvalue weighted by molar-refractivity contribution is 0.200. The number of rotatable bonds is 5. The van der Waals surface area contributed by atoms with Gasteiger partial charge in [0.15, 0.2) is 0 Å². The quantitative estimate of drug-likeness (QED) is 0.819. The molecule has 0 bridgehead atoms. The molecule has 0 fully saturated rings. The van der Waals surface area contributed by atoms with Gasteiger partial charge in [-0.05, 0) is 42.3 Å². The Hall–Kier alpha value is -0.840. The molecule has 2 aromatic rings. The summed E-state index contributed by atoms with van der Waals surface area (Å²) in [4.78, 5) is 0.841. The summed E-state index contributed by atoms with van der Waals surface area (Å²) in [5, 5.41) is 9.99. The van der Waals surface area contributed by atoms with Crippen molar-refractivity contribution in [2.75, 3.05) is 5.75 Å². The van der Waals surface area contributed by atoms with Crippen molar-refractivity contribution in [1.82, 2.24) is 0 Å². The Balaban J connectivity index is 1.86. The largest absolute Gasteiger partial charge is 0.392 e. The summed E-state index contributed by atoms with van der Waals surface area (Å²) in [7, 11) is 0. The van der Waals surface area contributed by atoms with Crippen LogP contribution in [-0.4, -0.2) is 17.0 Å². The van der Waals surface area contributed by atoms with Crippen molar-refractivity contribution in [2.24, 2.45) is 0 Å². The van der Waals surface area contributed by atoms with Crippen LogP contribution in [0.1, 0.15) is 5.56 Å². The average molecular weight is 341 g/mol. The molecular formula is C15H14BrFOS. The number of hydrogen-bond donors (Lipinski definition) is 1. The van der Waals surface area contributed by atoms with E-state index in [0.717, 1.165) is 14.9 Å². The van der Waals surface area contributed by atoms with Crippen LogP contribution < -0.4 is 0 Å². The molecule has 1 nitrogen and oxygen atoms in total. The van der Waals surface area contributed by atoms with Gasteiger partial charge in [0.25, 0.3) is 0 Å². The van der Waals surface area contributed by atoms with Crippen molar-refractivity contribution < 1.29 is 9.50 Å². The molecule has 0 aliphatic carbocycles. The molecule has 0 heterocycles. The molecule has 1 atom stereocenters. The fourth-order valence-electron chi connectivity index (χ4n) is 1.74. The van der Waals surface area contributed by atoms with Crippen LogP contribution in [0.4, 0.5) is 4.39 Å². The van der Waals surface area contributed by atoms with E-state index in [1.807, 2.05) is 30.3 Å². The monoisotopic (exact) mass is 340 g/mol. The van der Waals surface area contributed by atoms with E-state index in [0.29, 0.717) is 12.2 Å². The lowest BCUT2D eigenvalue weighted by Gasteiger charge is -2.10. The Labute approximate surface area is 125 Å². The summed E-state index contributed by atoms with van der Waals surface area (Å²) in [6, 6.07) is 14.3. The zero-order valence-electron chi connectivity index (χ0n) is 10.2. The van der Waals surface area contributed by atoms with E-state index in [2.05, 4.69) is 15.9 Å². The van der Waals surface area contributed by atoms with Gasteiger partial charge in [-0.25, -0.2) is 4.39 Å². The van der Waals surface area contributed by atoms with Crippen LogP contribution in [-0.2, 0) is 6.42 Å². The normalized spacial score (nSPS) is 12.4. The third kappa shape index (κ3) is 4.97. The van der Waals surface area contributed by atoms with E-state index < -0.39 is 6.10 Å². The minimum absolute atomic E-state index is 0.244. The van der Waals surface area contributed by atoms with Gasteiger partial charge in [-0.1, -0.05) is 34.1 Å². The summed E-state index contributed by atoms with van der Waals surface area (Å²) in [6.07, 6.45) is 0.157. The van der Waals surface area contributed by atoms with E-state index in [1.54, 1.807) is 6.07 Å². The Morgan fingerprint density at radius 2 is 1.95 bits per heavy atom. The molecule has 19 heavy (non-hydrogen) atoms. The highest BCUT2D eigenvalue weighted by Gasteiger charge is 2.07. The zero-order valence-corrected chi connectivity index (χ0v) is 12.6. The van der Waals surface area contributed by atoms with Gasteiger partial charge in [0, 0.05) is 15.1 Å². The molecule has 4 heteroatoms. The molecule has 0 radical (unpaired) electrons. The van der Waals surface area contributed by atoms with Crippen LogP contribution in [0.25, 0.3) is 0 Å². The van der Waals surface area contributed by atoms with Crippen LogP contribution in [0.5, 0.6) is 0 Å². The van der Waals surface area contributed by atoms with Crippen molar-refractivity contribution in [1.29, 1.82) is 0 Å². The van der Waals surface area contributed by atoms with Crippen molar-refractivity contribution in [2.45, 2.75) is 17.4 Å². The molecule has 100 valence electrons. The van der Waals surface area contributed by atoms with Crippen LogP contribution in [0.2, 0.25) is 0 Å². The highest BCUT2D eigenvalue weighted by Crippen LogP contribution is 2.21. The lowest BCUT2D eigenvalue weighted by atomic mass is 10.1. The van der Waals surface area contributed by atoms with Gasteiger partial charge in [0.05, 0.1) is 6.10 Å². The molecular weight excluding hydrogens is 327 g/mol. The van der Waals surface area contributed by atoms with Crippen LogP contribution in [0.3, 0.4) is 0 Å². The molecule has 0 saturated heterocycles. The fourth-order valence-corrected chi connectivity index (χ4v) is 3.06. The SMILES string of the molecule is OC(CSc1cccc(F)c1)Cc1cccc(Br)c1. The maximum atomic E-state index is 13.0. The summed E-state index contributed by atoms with van der Waals surface area (Å²) in [5.41, 5.74) is 1.08. The first-order valence-corrected chi connectivity index (χ1v) is 7.72. The summed E-state index contributed by atoms with van der Waals surface area (Å²) in [6.45, 7) is 0. The third-order valence-corrected chi connectivity index (χ3v) is 4.23. The number of halogens is 2. The average Bonchev–Trinajstić information content (AvgIpc) is 2.36. The Kier molecular flexibility index (Phi) is 5.43. The van der Waals surface area contributed by atoms with Gasteiger partial charge in [-0.3, -0.25) is 0 Å². The lowest BCUT2D eigenvalue weighted by Crippen LogP contribution is -2.13. The maximum Gasteiger partial charge on any atom is 0.124 e. The molecule has 2 rings (SSSR count). The highest BCUT2D eigenvalue weighted by atomic mass is 79.9. The summed E-state index contributed by atoms with van der Waals surface area (Å²) < 4.78 is 14.0. The first-order chi connectivity index (χ1) is 9.13. The second-order valence-electron chi connectivity index (χ2n) is 4.26. The van der Waals surface area contributed by atoms with Crippen LogP contribution in [0, 0.1) is 5.82 Å². The number of thioether (sulfide) groups is 1. The number of aliphatic hydroxyl groups excluding tert-OH is 1. The summed E-state index contributed by atoms with van der Waals surface area (Å²) >= 11 is 4.87. The second-order valence-corrected chi connectivity index (χ2v) is 6.27. The Morgan fingerprint density at radius 3 is 2.68 bits per heavy atom. The third-order valence-electron chi connectivity index (χ3n) is 2.60. The Bertz CT molecular complexity index is 547. The topological polar surface area (TPSA) is 20.2 Å². The zero-order chi connectivity index (χ0) is 13.7. The van der Waals surface area contributed by atoms with E-state index in [9.17, 15) is 9.50 Å². The molecule has 0 spiro atoms. The molecule has 2 aromatic carbocycles. The standard InChI is InChI=1S/C15H14BrFOS/c16-12-4-1-3-11(7-12)8-14(18)10-19-15-6-2-5-13(17)9-15/h1-7,9,14,18H,8,10H2. The van der Waals surface area contributed by atoms with Crippen LogP contribution >= 0.6 is 27.7 Å². The molecule has 0 aliphatic rings. The predicted molar refractivity (Wildman–Crippen MR) is 81.0 cm³/mol.